The molecule has 120 valence electrons. The molecule has 2 aliphatic rings. The van der Waals surface area contributed by atoms with Gasteiger partial charge in [-0.2, -0.15) is 0 Å². The SMILES string of the molecule is Cc1cnc2n(c1=O)CC(C(=O)N1C(C)CCCC1C)CS2. The molecule has 6 heteroatoms. The van der Waals surface area contributed by atoms with Crippen LogP contribution in [0.2, 0.25) is 0 Å². The molecule has 1 saturated heterocycles. The van der Waals surface area contributed by atoms with E-state index in [2.05, 4.69) is 18.8 Å². The van der Waals surface area contributed by atoms with E-state index in [-0.39, 0.29) is 17.4 Å². The fourth-order valence-corrected chi connectivity index (χ4v) is 4.56. The zero-order valence-corrected chi connectivity index (χ0v) is 14.2. The molecule has 0 spiro atoms. The number of amides is 1. The Bertz CT molecular complexity index is 633. The summed E-state index contributed by atoms with van der Waals surface area (Å²) in [6, 6.07) is 0.602. The first-order chi connectivity index (χ1) is 10.5. The van der Waals surface area contributed by atoms with Crippen LogP contribution in [0.4, 0.5) is 0 Å². The zero-order chi connectivity index (χ0) is 15.9. The van der Waals surface area contributed by atoms with Crippen LogP contribution in [-0.2, 0) is 11.3 Å². The molecular formula is C16H23N3O2S. The van der Waals surface area contributed by atoms with Gasteiger partial charge in [-0.1, -0.05) is 11.8 Å². The molecule has 0 N–H and O–H groups in total. The number of thioether (sulfide) groups is 1. The Morgan fingerprint density at radius 1 is 1.32 bits per heavy atom. The van der Waals surface area contributed by atoms with Crippen molar-refractivity contribution in [2.24, 2.45) is 5.92 Å². The number of rotatable bonds is 1. The van der Waals surface area contributed by atoms with E-state index >= 15 is 0 Å². The number of aryl methyl sites for hydroxylation is 1. The number of aromatic nitrogens is 2. The van der Waals surface area contributed by atoms with Crippen LogP contribution in [0.15, 0.2) is 16.1 Å². The first-order valence-corrected chi connectivity index (χ1v) is 8.99. The van der Waals surface area contributed by atoms with Gasteiger partial charge in [0.15, 0.2) is 5.16 Å². The maximum absolute atomic E-state index is 13.0. The third-order valence-corrected chi connectivity index (χ3v) is 5.95. The van der Waals surface area contributed by atoms with Crippen LogP contribution in [0.3, 0.4) is 0 Å². The lowest BCUT2D eigenvalue weighted by Gasteiger charge is -2.41. The Hall–Kier alpha value is -1.30. The number of hydrogen-bond acceptors (Lipinski definition) is 4. The third-order valence-electron chi connectivity index (χ3n) is 4.80. The highest BCUT2D eigenvalue weighted by Gasteiger charge is 2.35. The Kier molecular flexibility index (Phi) is 4.30. The van der Waals surface area contributed by atoms with Gasteiger partial charge >= 0.3 is 0 Å². The Morgan fingerprint density at radius 3 is 2.68 bits per heavy atom. The average Bonchev–Trinajstić information content (AvgIpc) is 2.50. The smallest absolute Gasteiger partial charge is 0.257 e. The van der Waals surface area contributed by atoms with Crippen molar-refractivity contribution in [3.05, 3.63) is 22.1 Å². The van der Waals surface area contributed by atoms with Gasteiger partial charge in [-0.25, -0.2) is 4.98 Å². The summed E-state index contributed by atoms with van der Waals surface area (Å²) in [5.74, 6) is 0.789. The van der Waals surface area contributed by atoms with E-state index in [1.807, 2.05) is 4.90 Å². The fraction of sp³-hybridized carbons (Fsp3) is 0.688. The second-order valence-corrected chi connectivity index (χ2v) is 7.51. The van der Waals surface area contributed by atoms with Crippen molar-refractivity contribution in [1.29, 1.82) is 0 Å². The van der Waals surface area contributed by atoms with E-state index in [0.717, 1.165) is 18.0 Å². The molecule has 1 amide bonds. The Morgan fingerprint density at radius 2 is 2.00 bits per heavy atom. The van der Waals surface area contributed by atoms with Crippen molar-refractivity contribution in [1.82, 2.24) is 14.5 Å². The molecule has 3 atom stereocenters. The van der Waals surface area contributed by atoms with Gasteiger partial charge in [-0.15, -0.1) is 0 Å². The van der Waals surface area contributed by atoms with Crippen LogP contribution in [0.5, 0.6) is 0 Å². The summed E-state index contributed by atoms with van der Waals surface area (Å²) < 4.78 is 1.67. The topological polar surface area (TPSA) is 55.2 Å². The van der Waals surface area contributed by atoms with Crippen molar-refractivity contribution in [3.8, 4) is 0 Å². The van der Waals surface area contributed by atoms with Crippen molar-refractivity contribution in [3.63, 3.8) is 0 Å². The second-order valence-electron chi connectivity index (χ2n) is 6.52. The van der Waals surface area contributed by atoms with E-state index in [1.165, 1.54) is 18.2 Å². The van der Waals surface area contributed by atoms with Crippen LogP contribution < -0.4 is 5.56 Å². The molecule has 0 radical (unpaired) electrons. The molecule has 0 aromatic carbocycles. The summed E-state index contributed by atoms with van der Waals surface area (Å²) in [5.41, 5.74) is 0.617. The lowest BCUT2D eigenvalue weighted by molar-refractivity contribution is -0.141. The van der Waals surface area contributed by atoms with Gasteiger partial charge in [0.1, 0.15) is 0 Å². The average molecular weight is 321 g/mol. The summed E-state index contributed by atoms with van der Waals surface area (Å²) in [6.07, 6.45) is 4.97. The highest BCUT2D eigenvalue weighted by atomic mass is 32.2. The molecule has 3 heterocycles. The van der Waals surface area contributed by atoms with Crippen LogP contribution in [-0.4, -0.2) is 38.2 Å². The highest BCUT2D eigenvalue weighted by molar-refractivity contribution is 7.99. The molecule has 1 aromatic heterocycles. The molecule has 3 rings (SSSR count). The van der Waals surface area contributed by atoms with Crippen molar-refractivity contribution < 1.29 is 4.79 Å². The van der Waals surface area contributed by atoms with Gasteiger partial charge < -0.3 is 4.90 Å². The molecular weight excluding hydrogens is 298 g/mol. The number of carbonyl (C=O) groups is 1. The minimum Gasteiger partial charge on any atom is -0.337 e. The Balaban J connectivity index is 1.83. The molecule has 3 unspecified atom stereocenters. The fourth-order valence-electron chi connectivity index (χ4n) is 3.52. The van der Waals surface area contributed by atoms with E-state index in [4.69, 9.17) is 0 Å². The van der Waals surface area contributed by atoms with Crippen molar-refractivity contribution in [2.45, 2.75) is 63.8 Å². The number of likely N-dealkylation sites (tertiary alicyclic amines) is 1. The lowest BCUT2D eigenvalue weighted by atomic mass is 9.95. The first-order valence-electron chi connectivity index (χ1n) is 8.00. The highest BCUT2D eigenvalue weighted by Crippen LogP contribution is 2.30. The maximum atomic E-state index is 13.0. The molecule has 1 fully saturated rings. The van der Waals surface area contributed by atoms with Crippen LogP contribution >= 0.6 is 11.8 Å². The van der Waals surface area contributed by atoms with Crippen molar-refractivity contribution >= 4 is 17.7 Å². The van der Waals surface area contributed by atoms with Gasteiger partial charge in [0.2, 0.25) is 5.91 Å². The van der Waals surface area contributed by atoms with Gasteiger partial charge in [-0.3, -0.25) is 14.2 Å². The van der Waals surface area contributed by atoms with Crippen LogP contribution in [0, 0.1) is 12.8 Å². The first kappa shape index (κ1) is 15.6. The van der Waals surface area contributed by atoms with E-state index in [9.17, 15) is 9.59 Å². The molecule has 5 nitrogen and oxygen atoms in total. The molecule has 0 aliphatic carbocycles. The Labute approximate surface area is 135 Å². The second kappa shape index (κ2) is 6.07. The summed E-state index contributed by atoms with van der Waals surface area (Å²) in [4.78, 5) is 31.6. The normalized spacial score (nSPS) is 28.3. The number of carbonyl (C=O) groups excluding carboxylic acids is 1. The van der Waals surface area contributed by atoms with E-state index < -0.39 is 0 Å². The summed E-state index contributed by atoms with van der Waals surface area (Å²) in [6.45, 7) is 6.50. The molecule has 0 saturated carbocycles. The summed E-state index contributed by atoms with van der Waals surface area (Å²) >= 11 is 1.52. The molecule has 22 heavy (non-hydrogen) atoms. The van der Waals surface area contributed by atoms with Gasteiger partial charge in [0, 0.05) is 36.1 Å². The van der Waals surface area contributed by atoms with Gasteiger partial charge in [0.05, 0.1) is 5.92 Å². The third kappa shape index (κ3) is 2.69. The minimum absolute atomic E-state index is 0.0188. The van der Waals surface area contributed by atoms with Crippen LogP contribution in [0.25, 0.3) is 0 Å². The van der Waals surface area contributed by atoms with Crippen molar-refractivity contribution in [2.75, 3.05) is 5.75 Å². The number of fused-ring (bicyclic) bond motifs is 1. The van der Waals surface area contributed by atoms with Gasteiger partial charge in [0.25, 0.3) is 5.56 Å². The maximum Gasteiger partial charge on any atom is 0.257 e. The largest absolute Gasteiger partial charge is 0.337 e. The number of nitrogens with zero attached hydrogens (tertiary/aromatic N) is 3. The van der Waals surface area contributed by atoms with Gasteiger partial charge in [-0.05, 0) is 40.0 Å². The number of piperidine rings is 1. The monoisotopic (exact) mass is 321 g/mol. The lowest BCUT2D eigenvalue weighted by Crippen LogP contribution is -2.52. The standard InChI is InChI=1S/C16H23N3O2S/c1-10-7-17-16-18(14(10)20)8-13(9-22-16)15(21)19-11(2)5-4-6-12(19)3/h7,11-13H,4-6,8-9H2,1-3H3. The van der Waals surface area contributed by atoms with E-state index in [1.54, 1.807) is 17.7 Å². The molecule has 1 aromatic rings. The number of hydrogen-bond donors (Lipinski definition) is 0. The van der Waals surface area contributed by atoms with Crippen LogP contribution in [0.1, 0.15) is 38.7 Å². The predicted octanol–water partition coefficient (Wildman–Crippen LogP) is 2.06. The predicted molar refractivity (Wildman–Crippen MR) is 87.1 cm³/mol. The quantitative estimate of drug-likeness (QED) is 0.743. The minimum atomic E-state index is -0.123. The zero-order valence-electron chi connectivity index (χ0n) is 13.4. The summed E-state index contributed by atoms with van der Waals surface area (Å²) in [5, 5.41) is 0.736. The summed E-state index contributed by atoms with van der Waals surface area (Å²) in [7, 11) is 0. The molecule has 0 bridgehead atoms. The molecule has 2 aliphatic heterocycles. The van der Waals surface area contributed by atoms with E-state index in [0.29, 0.717) is 29.9 Å².